The molecular weight excluding hydrogens is 374 g/mol. The summed E-state index contributed by atoms with van der Waals surface area (Å²) in [5, 5.41) is 14.0. The quantitative estimate of drug-likeness (QED) is 0.601. The van der Waals surface area contributed by atoms with E-state index in [9.17, 15) is 19.5 Å². The standard InChI is InChI=1S/C20H23N5O4/c1-23-17-16(18(27)24(2)19(23)28)25(12-22-17)10-15(26)21-11-20(29,14-8-9-14)13-6-4-3-5-7-13/h3-7,12,14,29H,8-11H2,1-2H3,(H,21,26). The topological polar surface area (TPSA) is 111 Å². The van der Waals surface area contributed by atoms with Crippen molar-refractivity contribution in [2.24, 2.45) is 20.0 Å². The van der Waals surface area contributed by atoms with E-state index in [-0.39, 0.29) is 36.1 Å². The van der Waals surface area contributed by atoms with Crippen molar-refractivity contribution in [1.82, 2.24) is 24.0 Å². The minimum absolute atomic E-state index is 0.0869. The number of carbonyl (C=O) groups is 1. The maximum absolute atomic E-state index is 12.6. The fourth-order valence-electron chi connectivity index (χ4n) is 3.73. The molecule has 1 aromatic carbocycles. The lowest BCUT2D eigenvalue weighted by molar-refractivity contribution is -0.123. The van der Waals surface area contributed by atoms with Gasteiger partial charge in [0, 0.05) is 14.1 Å². The van der Waals surface area contributed by atoms with E-state index >= 15 is 0 Å². The predicted molar refractivity (Wildman–Crippen MR) is 106 cm³/mol. The summed E-state index contributed by atoms with van der Waals surface area (Å²) in [6, 6.07) is 9.33. The zero-order valence-electron chi connectivity index (χ0n) is 16.3. The van der Waals surface area contributed by atoms with Gasteiger partial charge < -0.3 is 15.0 Å². The third-order valence-corrected chi connectivity index (χ3v) is 5.61. The van der Waals surface area contributed by atoms with Crippen LogP contribution in [0.4, 0.5) is 0 Å². The van der Waals surface area contributed by atoms with Crippen LogP contribution in [0, 0.1) is 5.92 Å². The highest BCUT2D eigenvalue weighted by Gasteiger charge is 2.45. The normalized spacial score (nSPS) is 16.0. The van der Waals surface area contributed by atoms with Crippen LogP contribution in [0.2, 0.25) is 0 Å². The van der Waals surface area contributed by atoms with Crippen LogP contribution in [-0.2, 0) is 31.0 Å². The van der Waals surface area contributed by atoms with E-state index in [1.54, 1.807) is 0 Å². The molecule has 0 aliphatic heterocycles. The van der Waals surface area contributed by atoms with Crippen molar-refractivity contribution < 1.29 is 9.90 Å². The summed E-state index contributed by atoms with van der Waals surface area (Å²) in [5.41, 5.74) is -0.912. The molecule has 1 atom stereocenters. The monoisotopic (exact) mass is 397 g/mol. The molecule has 152 valence electrons. The Balaban J connectivity index is 1.55. The summed E-state index contributed by atoms with van der Waals surface area (Å²) in [7, 11) is 2.91. The first-order chi connectivity index (χ1) is 13.8. The van der Waals surface area contributed by atoms with Gasteiger partial charge in [-0.2, -0.15) is 0 Å². The van der Waals surface area contributed by atoms with E-state index in [1.165, 1.54) is 29.6 Å². The lowest BCUT2D eigenvalue weighted by Gasteiger charge is -2.29. The van der Waals surface area contributed by atoms with E-state index < -0.39 is 16.9 Å². The zero-order valence-corrected chi connectivity index (χ0v) is 16.3. The highest BCUT2D eigenvalue weighted by molar-refractivity contribution is 5.79. The number of nitrogens with zero attached hydrogens (tertiary/aromatic N) is 4. The predicted octanol–water partition coefficient (Wildman–Crippen LogP) is -0.152. The van der Waals surface area contributed by atoms with Crippen molar-refractivity contribution in [3.63, 3.8) is 0 Å². The Labute approximate surface area is 166 Å². The molecule has 1 fully saturated rings. The van der Waals surface area contributed by atoms with E-state index in [2.05, 4.69) is 10.3 Å². The zero-order chi connectivity index (χ0) is 20.8. The number of nitrogens with one attached hydrogen (secondary N) is 1. The largest absolute Gasteiger partial charge is 0.383 e. The van der Waals surface area contributed by atoms with Crippen molar-refractivity contribution in [2.75, 3.05) is 6.54 Å². The number of rotatable bonds is 6. The molecule has 1 saturated carbocycles. The number of amides is 1. The van der Waals surface area contributed by atoms with E-state index in [1.807, 2.05) is 30.3 Å². The molecule has 0 radical (unpaired) electrons. The van der Waals surface area contributed by atoms with Gasteiger partial charge in [0.1, 0.15) is 12.1 Å². The fraction of sp³-hybridized carbons (Fsp3) is 0.400. The first-order valence-electron chi connectivity index (χ1n) is 9.48. The van der Waals surface area contributed by atoms with Crippen LogP contribution in [0.3, 0.4) is 0 Å². The highest BCUT2D eigenvalue weighted by Crippen LogP contribution is 2.45. The average molecular weight is 397 g/mol. The molecule has 9 heteroatoms. The van der Waals surface area contributed by atoms with Crippen LogP contribution in [-0.4, -0.2) is 36.2 Å². The SMILES string of the molecule is Cn1c(=O)c2c(ncn2CC(=O)NCC(O)(c2ccccc2)C2CC2)n(C)c1=O. The summed E-state index contributed by atoms with van der Waals surface area (Å²) in [4.78, 5) is 41.2. The molecule has 1 aliphatic carbocycles. The second-order valence-corrected chi connectivity index (χ2v) is 7.59. The van der Waals surface area contributed by atoms with Crippen LogP contribution in [0.1, 0.15) is 18.4 Å². The molecular formula is C20H23N5O4. The lowest BCUT2D eigenvalue weighted by Crippen LogP contribution is -2.43. The van der Waals surface area contributed by atoms with Crippen LogP contribution in [0.15, 0.2) is 46.2 Å². The smallest absolute Gasteiger partial charge is 0.332 e. The third kappa shape index (κ3) is 3.27. The summed E-state index contributed by atoms with van der Waals surface area (Å²) >= 11 is 0. The third-order valence-electron chi connectivity index (χ3n) is 5.61. The number of aromatic nitrogens is 4. The van der Waals surface area contributed by atoms with E-state index in [0.717, 1.165) is 23.0 Å². The molecule has 2 aromatic heterocycles. The maximum atomic E-state index is 12.6. The fourth-order valence-corrected chi connectivity index (χ4v) is 3.73. The van der Waals surface area contributed by atoms with Crippen LogP contribution in [0.25, 0.3) is 11.2 Å². The van der Waals surface area contributed by atoms with Gasteiger partial charge in [-0.05, 0) is 24.3 Å². The number of fused-ring (bicyclic) bond motifs is 1. The van der Waals surface area contributed by atoms with Gasteiger partial charge in [-0.3, -0.25) is 18.7 Å². The van der Waals surface area contributed by atoms with E-state index in [4.69, 9.17) is 0 Å². The number of benzene rings is 1. The molecule has 0 spiro atoms. The molecule has 0 saturated heterocycles. The summed E-state index contributed by atoms with van der Waals surface area (Å²) in [6.07, 6.45) is 3.20. The molecule has 1 amide bonds. The number of hydrogen-bond donors (Lipinski definition) is 2. The van der Waals surface area contributed by atoms with Gasteiger partial charge in [-0.25, -0.2) is 9.78 Å². The van der Waals surface area contributed by atoms with Crippen LogP contribution >= 0.6 is 0 Å². The molecule has 0 bridgehead atoms. The minimum atomic E-state index is -1.12. The number of aryl methyl sites for hydroxylation is 1. The van der Waals surface area contributed by atoms with Crippen molar-refractivity contribution in [1.29, 1.82) is 0 Å². The van der Waals surface area contributed by atoms with Gasteiger partial charge in [0.2, 0.25) is 5.91 Å². The van der Waals surface area contributed by atoms with Crippen molar-refractivity contribution in [3.8, 4) is 0 Å². The number of hydrogen-bond acceptors (Lipinski definition) is 5. The van der Waals surface area contributed by atoms with Gasteiger partial charge >= 0.3 is 5.69 Å². The number of carbonyl (C=O) groups excluding carboxylic acids is 1. The Morgan fingerprint density at radius 1 is 1.21 bits per heavy atom. The Morgan fingerprint density at radius 2 is 1.90 bits per heavy atom. The number of aliphatic hydroxyl groups is 1. The van der Waals surface area contributed by atoms with Crippen molar-refractivity contribution >= 4 is 17.1 Å². The summed E-state index contributed by atoms with van der Waals surface area (Å²) in [5.74, 6) is -0.240. The Bertz CT molecular complexity index is 1190. The highest BCUT2D eigenvalue weighted by atomic mass is 16.3. The molecule has 4 rings (SSSR count). The van der Waals surface area contributed by atoms with Crippen molar-refractivity contribution in [3.05, 3.63) is 63.1 Å². The number of imidazole rings is 1. The van der Waals surface area contributed by atoms with Gasteiger partial charge in [0.15, 0.2) is 11.2 Å². The van der Waals surface area contributed by atoms with Gasteiger partial charge in [0.05, 0.1) is 12.9 Å². The van der Waals surface area contributed by atoms with E-state index in [0.29, 0.717) is 0 Å². The Morgan fingerprint density at radius 3 is 2.55 bits per heavy atom. The first kappa shape index (κ1) is 19.1. The van der Waals surface area contributed by atoms with Gasteiger partial charge in [-0.15, -0.1) is 0 Å². The van der Waals surface area contributed by atoms with Crippen LogP contribution in [0.5, 0.6) is 0 Å². The maximum Gasteiger partial charge on any atom is 0.332 e. The lowest BCUT2D eigenvalue weighted by atomic mass is 9.88. The molecule has 3 aromatic rings. The average Bonchev–Trinajstić information content (AvgIpc) is 3.51. The Hall–Kier alpha value is -3.20. The Kier molecular flexibility index (Phi) is 4.62. The van der Waals surface area contributed by atoms with Gasteiger partial charge in [-0.1, -0.05) is 30.3 Å². The van der Waals surface area contributed by atoms with Crippen molar-refractivity contribution in [2.45, 2.75) is 25.0 Å². The first-order valence-corrected chi connectivity index (χ1v) is 9.48. The molecule has 1 aliphatic rings. The van der Waals surface area contributed by atoms with Crippen LogP contribution < -0.4 is 16.6 Å². The molecule has 1 unspecified atom stereocenters. The molecule has 9 nitrogen and oxygen atoms in total. The summed E-state index contributed by atoms with van der Waals surface area (Å²) in [6.45, 7) is -0.0525. The molecule has 29 heavy (non-hydrogen) atoms. The van der Waals surface area contributed by atoms with Gasteiger partial charge in [0.25, 0.3) is 5.56 Å². The molecule has 2 heterocycles. The minimum Gasteiger partial charge on any atom is -0.383 e. The summed E-state index contributed by atoms with van der Waals surface area (Å²) < 4.78 is 3.68. The second kappa shape index (κ2) is 7.00. The molecule has 2 N–H and O–H groups in total. The second-order valence-electron chi connectivity index (χ2n) is 7.59.